The van der Waals surface area contributed by atoms with Crippen molar-refractivity contribution in [1.82, 2.24) is 15.1 Å². The van der Waals surface area contributed by atoms with Crippen molar-refractivity contribution in [1.29, 1.82) is 0 Å². The van der Waals surface area contributed by atoms with Crippen LogP contribution in [0.5, 0.6) is 0 Å². The van der Waals surface area contributed by atoms with Gasteiger partial charge < -0.3 is 19.2 Å². The maximum Gasteiger partial charge on any atom is 0.331 e. The third kappa shape index (κ3) is 7.19. The number of esters is 2. The molecule has 0 saturated heterocycles. The van der Waals surface area contributed by atoms with Crippen molar-refractivity contribution >= 4 is 23.9 Å². The molecule has 2 aromatic heterocycles. The Hall–Kier alpha value is -4.14. The smallest absolute Gasteiger partial charge is 0.331 e. The van der Waals surface area contributed by atoms with E-state index in [1.807, 2.05) is 49.4 Å². The molecular formula is C25H27N3O6. The average Bonchev–Trinajstić information content (AvgIpc) is 3.46. The van der Waals surface area contributed by atoms with Gasteiger partial charge in [0.05, 0.1) is 12.3 Å². The molecule has 2 heterocycles. The van der Waals surface area contributed by atoms with Crippen molar-refractivity contribution in [2.24, 2.45) is 0 Å². The highest BCUT2D eigenvalue weighted by atomic mass is 16.5. The molecule has 0 radical (unpaired) electrons. The van der Waals surface area contributed by atoms with Crippen molar-refractivity contribution in [3.63, 3.8) is 0 Å². The van der Waals surface area contributed by atoms with Crippen LogP contribution < -0.4 is 5.32 Å². The Balaban J connectivity index is 1.57. The van der Waals surface area contributed by atoms with E-state index in [-0.39, 0.29) is 18.9 Å². The Bertz CT molecular complexity index is 1150. The first-order valence-corrected chi connectivity index (χ1v) is 11.0. The van der Waals surface area contributed by atoms with Gasteiger partial charge in [0.1, 0.15) is 11.5 Å². The van der Waals surface area contributed by atoms with Crippen LogP contribution in [0.2, 0.25) is 0 Å². The monoisotopic (exact) mass is 465 g/mol. The van der Waals surface area contributed by atoms with E-state index in [4.69, 9.17) is 13.9 Å². The molecule has 1 amide bonds. The fourth-order valence-electron chi connectivity index (χ4n) is 3.06. The van der Waals surface area contributed by atoms with Crippen LogP contribution in [0.15, 0.2) is 59.2 Å². The van der Waals surface area contributed by atoms with Gasteiger partial charge in [-0.3, -0.25) is 9.59 Å². The lowest BCUT2D eigenvalue weighted by molar-refractivity contribution is -0.143. The Morgan fingerprint density at radius 2 is 1.91 bits per heavy atom. The summed E-state index contributed by atoms with van der Waals surface area (Å²) in [4.78, 5) is 35.2. The fourth-order valence-corrected chi connectivity index (χ4v) is 3.06. The standard InChI is InChI=1S/C25H27N3O6/c1-3-32-23(30)10-7-15-26-22(29)17-33-24(31)14-12-19-16-28(20-8-5-4-6-9-20)27-25(19)21-13-11-18(2)34-21/h4-6,8-9,11-14,16H,3,7,10,15,17H2,1-2H3,(H,26,29)/b14-12+. The molecule has 0 unspecified atom stereocenters. The van der Waals surface area contributed by atoms with Crippen LogP contribution >= 0.6 is 0 Å². The number of carbonyl (C=O) groups excluding carboxylic acids is 3. The summed E-state index contributed by atoms with van der Waals surface area (Å²) in [7, 11) is 0. The third-order valence-electron chi connectivity index (χ3n) is 4.67. The molecule has 0 fully saturated rings. The van der Waals surface area contributed by atoms with Crippen LogP contribution in [0.25, 0.3) is 23.2 Å². The van der Waals surface area contributed by atoms with Gasteiger partial charge in [0.15, 0.2) is 12.4 Å². The number of rotatable bonds is 11. The molecule has 34 heavy (non-hydrogen) atoms. The summed E-state index contributed by atoms with van der Waals surface area (Å²) < 4.78 is 17.2. The number of benzene rings is 1. The van der Waals surface area contributed by atoms with Gasteiger partial charge >= 0.3 is 11.9 Å². The maximum absolute atomic E-state index is 12.1. The summed E-state index contributed by atoms with van der Waals surface area (Å²) in [6.07, 6.45) is 5.24. The lowest BCUT2D eigenvalue weighted by atomic mass is 10.2. The first-order valence-electron chi connectivity index (χ1n) is 11.0. The predicted molar refractivity (Wildman–Crippen MR) is 125 cm³/mol. The van der Waals surface area contributed by atoms with E-state index in [1.165, 1.54) is 6.08 Å². The van der Waals surface area contributed by atoms with Gasteiger partial charge in [-0.2, -0.15) is 5.10 Å². The zero-order valence-corrected chi connectivity index (χ0v) is 19.2. The number of ether oxygens (including phenoxy) is 2. The number of furan rings is 1. The van der Waals surface area contributed by atoms with E-state index in [0.717, 1.165) is 11.4 Å². The van der Waals surface area contributed by atoms with Gasteiger partial charge in [-0.1, -0.05) is 18.2 Å². The summed E-state index contributed by atoms with van der Waals surface area (Å²) in [5.74, 6) is -0.118. The number of nitrogens with zero attached hydrogens (tertiary/aromatic N) is 2. The topological polar surface area (TPSA) is 113 Å². The molecule has 0 aliphatic carbocycles. The van der Waals surface area contributed by atoms with Crippen LogP contribution in [0, 0.1) is 6.92 Å². The van der Waals surface area contributed by atoms with Crippen molar-refractivity contribution in [3.8, 4) is 17.1 Å². The minimum atomic E-state index is -0.671. The summed E-state index contributed by atoms with van der Waals surface area (Å²) in [6, 6.07) is 13.2. The molecule has 3 rings (SSSR count). The molecule has 178 valence electrons. The Morgan fingerprint density at radius 3 is 2.62 bits per heavy atom. The molecule has 1 N–H and O–H groups in total. The van der Waals surface area contributed by atoms with E-state index in [9.17, 15) is 14.4 Å². The van der Waals surface area contributed by atoms with E-state index in [0.29, 0.717) is 30.0 Å². The lowest BCUT2D eigenvalue weighted by Crippen LogP contribution is -2.29. The summed E-state index contributed by atoms with van der Waals surface area (Å²) in [5, 5.41) is 7.19. The van der Waals surface area contributed by atoms with Crippen LogP contribution in [0.1, 0.15) is 31.1 Å². The molecule has 0 saturated carbocycles. The zero-order chi connectivity index (χ0) is 24.3. The van der Waals surface area contributed by atoms with E-state index < -0.39 is 18.5 Å². The molecular weight excluding hydrogens is 438 g/mol. The largest absolute Gasteiger partial charge is 0.466 e. The second-order valence-corrected chi connectivity index (χ2v) is 7.32. The van der Waals surface area contributed by atoms with Crippen LogP contribution in [-0.2, 0) is 23.9 Å². The number of aromatic nitrogens is 2. The summed E-state index contributed by atoms with van der Waals surface area (Å²) in [6.45, 7) is 3.76. The first-order chi connectivity index (χ1) is 16.5. The highest BCUT2D eigenvalue weighted by Crippen LogP contribution is 2.26. The first kappa shape index (κ1) is 24.5. The normalized spacial score (nSPS) is 10.9. The number of carbonyl (C=O) groups is 3. The molecule has 9 nitrogen and oxygen atoms in total. The Kier molecular flexibility index (Phi) is 8.79. The summed E-state index contributed by atoms with van der Waals surface area (Å²) in [5.41, 5.74) is 2.08. The van der Waals surface area contributed by atoms with Crippen molar-refractivity contribution in [2.45, 2.75) is 26.7 Å². The molecule has 9 heteroatoms. The van der Waals surface area contributed by atoms with E-state index >= 15 is 0 Å². The van der Waals surface area contributed by atoms with Crippen molar-refractivity contribution < 1.29 is 28.3 Å². The molecule has 0 spiro atoms. The zero-order valence-electron chi connectivity index (χ0n) is 19.2. The minimum absolute atomic E-state index is 0.213. The minimum Gasteiger partial charge on any atom is -0.466 e. The second-order valence-electron chi connectivity index (χ2n) is 7.32. The van der Waals surface area contributed by atoms with Crippen LogP contribution in [0.3, 0.4) is 0 Å². The number of hydrogen-bond acceptors (Lipinski definition) is 7. The number of aryl methyl sites for hydroxylation is 1. The van der Waals surface area contributed by atoms with Crippen molar-refractivity contribution in [2.75, 3.05) is 19.8 Å². The SMILES string of the molecule is CCOC(=O)CCCNC(=O)COC(=O)/C=C/c1cn(-c2ccccc2)nc1-c1ccc(C)o1. The molecule has 0 bridgehead atoms. The average molecular weight is 466 g/mol. The van der Waals surface area contributed by atoms with Gasteiger partial charge in [-0.05, 0) is 50.6 Å². The predicted octanol–water partition coefficient (Wildman–Crippen LogP) is 3.46. The van der Waals surface area contributed by atoms with Gasteiger partial charge in [-0.25, -0.2) is 9.48 Å². The van der Waals surface area contributed by atoms with Gasteiger partial charge in [0, 0.05) is 30.8 Å². The van der Waals surface area contributed by atoms with Gasteiger partial charge in [-0.15, -0.1) is 0 Å². The maximum atomic E-state index is 12.1. The highest BCUT2D eigenvalue weighted by Gasteiger charge is 2.14. The number of para-hydroxylation sites is 1. The van der Waals surface area contributed by atoms with Crippen LogP contribution in [0.4, 0.5) is 0 Å². The molecule has 0 atom stereocenters. The molecule has 3 aromatic rings. The number of amides is 1. The van der Waals surface area contributed by atoms with E-state index in [2.05, 4.69) is 10.4 Å². The van der Waals surface area contributed by atoms with Crippen LogP contribution in [-0.4, -0.2) is 47.4 Å². The number of hydrogen-bond donors (Lipinski definition) is 1. The fraction of sp³-hybridized carbons (Fsp3) is 0.280. The third-order valence-corrected chi connectivity index (χ3v) is 4.67. The Labute approximate surface area is 197 Å². The molecule has 0 aliphatic rings. The van der Waals surface area contributed by atoms with Gasteiger partial charge in [0.2, 0.25) is 0 Å². The molecule has 1 aromatic carbocycles. The second kappa shape index (κ2) is 12.2. The Morgan fingerprint density at radius 1 is 1.12 bits per heavy atom. The quantitative estimate of drug-likeness (QED) is 0.262. The summed E-state index contributed by atoms with van der Waals surface area (Å²) >= 11 is 0. The number of nitrogens with one attached hydrogen (secondary N) is 1. The van der Waals surface area contributed by atoms with E-state index in [1.54, 1.807) is 23.9 Å². The molecule has 0 aliphatic heterocycles. The van der Waals surface area contributed by atoms with Gasteiger partial charge in [0.25, 0.3) is 5.91 Å². The highest BCUT2D eigenvalue weighted by molar-refractivity contribution is 5.90. The van der Waals surface area contributed by atoms with Crippen molar-refractivity contribution in [3.05, 3.63) is 66.1 Å². The lowest BCUT2D eigenvalue weighted by Gasteiger charge is -2.05.